The van der Waals surface area contributed by atoms with Gasteiger partial charge in [0.05, 0.1) is 18.3 Å². The summed E-state index contributed by atoms with van der Waals surface area (Å²) in [5, 5.41) is 3.09. The van der Waals surface area contributed by atoms with E-state index in [0.717, 1.165) is 73.9 Å². The first-order valence-electron chi connectivity index (χ1n) is 13.5. The van der Waals surface area contributed by atoms with Crippen molar-refractivity contribution in [2.24, 2.45) is 11.8 Å². The highest BCUT2D eigenvalue weighted by Crippen LogP contribution is 2.41. The van der Waals surface area contributed by atoms with Gasteiger partial charge in [-0.3, -0.25) is 9.78 Å². The number of carbonyl (C=O) groups is 1. The standard InChI is InChI=1S/C30H33ClN4O2/c31-23-7-9-24(10-8-23)37-19-21-2-1-15-35(18-21)28(36)16-20-3-5-22(6-4-20)25-11-13-32-27-17-34-30-26(29(25)27)12-14-33-30/h7-14,17,20-22H,1-6,15-16,18-19H2,(H,33,34). The molecule has 37 heavy (non-hydrogen) atoms. The van der Waals surface area contributed by atoms with Crippen LogP contribution in [0, 0.1) is 11.8 Å². The molecule has 2 fully saturated rings. The molecule has 3 aromatic heterocycles. The van der Waals surface area contributed by atoms with Gasteiger partial charge >= 0.3 is 0 Å². The fourth-order valence-corrected chi connectivity index (χ4v) is 6.37. The van der Waals surface area contributed by atoms with E-state index >= 15 is 0 Å². The summed E-state index contributed by atoms with van der Waals surface area (Å²) in [6.45, 7) is 2.31. The van der Waals surface area contributed by atoms with Gasteiger partial charge < -0.3 is 14.6 Å². The molecule has 0 bridgehead atoms. The average molecular weight is 517 g/mol. The third kappa shape index (κ3) is 5.30. The predicted octanol–water partition coefficient (Wildman–Crippen LogP) is 6.75. The van der Waals surface area contributed by atoms with E-state index in [1.54, 1.807) is 0 Å². The second kappa shape index (κ2) is 10.7. The van der Waals surface area contributed by atoms with Gasteiger partial charge in [0.25, 0.3) is 0 Å². The van der Waals surface area contributed by atoms with E-state index in [2.05, 4.69) is 32.0 Å². The molecule has 2 aliphatic rings. The highest BCUT2D eigenvalue weighted by atomic mass is 35.5. The average Bonchev–Trinajstić information content (AvgIpc) is 3.42. The highest BCUT2D eigenvalue weighted by molar-refractivity contribution is 6.30. The van der Waals surface area contributed by atoms with Crippen molar-refractivity contribution in [1.29, 1.82) is 0 Å². The number of nitrogens with zero attached hydrogens (tertiary/aromatic N) is 3. The first-order chi connectivity index (χ1) is 18.1. The van der Waals surface area contributed by atoms with Gasteiger partial charge in [-0.1, -0.05) is 11.6 Å². The van der Waals surface area contributed by atoms with E-state index < -0.39 is 0 Å². The Balaban J connectivity index is 1.03. The molecule has 1 amide bonds. The second-order valence-corrected chi connectivity index (χ2v) is 11.1. The Morgan fingerprint density at radius 1 is 1.03 bits per heavy atom. The SMILES string of the molecule is O=C(CC1CCC(c2ccnc3cnc4[nH]ccc4c23)CC1)N1CCCC(COc2ccc(Cl)cc2)C1. The molecule has 192 valence electrons. The van der Waals surface area contributed by atoms with Gasteiger partial charge in [0, 0.05) is 53.6 Å². The lowest BCUT2D eigenvalue weighted by Gasteiger charge is -2.35. The summed E-state index contributed by atoms with van der Waals surface area (Å²) in [7, 11) is 0. The van der Waals surface area contributed by atoms with Crippen LogP contribution < -0.4 is 4.74 Å². The van der Waals surface area contributed by atoms with Crippen LogP contribution in [0.25, 0.3) is 21.9 Å². The number of fused-ring (bicyclic) bond motifs is 3. The number of aromatic nitrogens is 3. The van der Waals surface area contributed by atoms with Gasteiger partial charge in [0.2, 0.25) is 5.91 Å². The molecule has 0 spiro atoms. The lowest BCUT2D eigenvalue weighted by Crippen LogP contribution is -2.42. The van der Waals surface area contributed by atoms with Gasteiger partial charge in [0.15, 0.2) is 0 Å². The summed E-state index contributed by atoms with van der Waals surface area (Å²) in [5.74, 6) is 2.50. The number of piperidine rings is 1. The van der Waals surface area contributed by atoms with Gasteiger partial charge in [0.1, 0.15) is 11.4 Å². The Kier molecular flexibility index (Phi) is 7.01. The summed E-state index contributed by atoms with van der Waals surface area (Å²) >= 11 is 5.97. The monoisotopic (exact) mass is 516 g/mol. The molecule has 6 nitrogen and oxygen atoms in total. The minimum Gasteiger partial charge on any atom is -0.493 e. The molecule has 1 unspecified atom stereocenters. The molecular weight excluding hydrogens is 484 g/mol. The Labute approximate surface area is 222 Å². The van der Waals surface area contributed by atoms with Crippen LogP contribution >= 0.6 is 11.6 Å². The van der Waals surface area contributed by atoms with Crippen molar-refractivity contribution in [1.82, 2.24) is 19.9 Å². The van der Waals surface area contributed by atoms with Gasteiger partial charge in [-0.25, -0.2) is 4.98 Å². The normalized spacial score (nSPS) is 22.4. The van der Waals surface area contributed by atoms with Crippen LogP contribution in [-0.4, -0.2) is 45.5 Å². The Bertz CT molecular complexity index is 1380. The summed E-state index contributed by atoms with van der Waals surface area (Å²) in [4.78, 5) is 27.6. The van der Waals surface area contributed by atoms with Crippen molar-refractivity contribution in [3.8, 4) is 5.75 Å². The zero-order valence-electron chi connectivity index (χ0n) is 21.0. The molecule has 1 atom stereocenters. The quantitative estimate of drug-likeness (QED) is 0.308. The topological polar surface area (TPSA) is 71.1 Å². The van der Waals surface area contributed by atoms with Crippen molar-refractivity contribution < 1.29 is 9.53 Å². The molecule has 1 saturated carbocycles. The van der Waals surface area contributed by atoms with E-state index in [9.17, 15) is 4.79 Å². The van der Waals surface area contributed by atoms with Crippen LogP contribution in [0.1, 0.15) is 56.4 Å². The van der Waals surface area contributed by atoms with Crippen molar-refractivity contribution in [2.45, 2.75) is 50.9 Å². The van der Waals surface area contributed by atoms with Gasteiger partial charge in [-0.15, -0.1) is 0 Å². The molecule has 1 aliphatic carbocycles. The number of halogens is 1. The number of H-pyrrole nitrogens is 1. The Hall–Kier alpha value is -3.12. The summed E-state index contributed by atoms with van der Waals surface area (Å²) in [6.07, 6.45) is 13.0. The Morgan fingerprint density at radius 2 is 1.86 bits per heavy atom. The van der Waals surface area contributed by atoms with Crippen LogP contribution in [0.4, 0.5) is 0 Å². The lowest BCUT2D eigenvalue weighted by molar-refractivity contribution is -0.134. The van der Waals surface area contributed by atoms with Crippen LogP contribution in [0.15, 0.2) is 55.0 Å². The maximum absolute atomic E-state index is 13.2. The van der Waals surface area contributed by atoms with Crippen LogP contribution in [-0.2, 0) is 4.79 Å². The van der Waals surface area contributed by atoms with Crippen LogP contribution in [0.5, 0.6) is 5.75 Å². The van der Waals surface area contributed by atoms with Gasteiger partial charge in [-0.05, 0) is 92.3 Å². The Morgan fingerprint density at radius 3 is 2.70 bits per heavy atom. The van der Waals surface area contributed by atoms with Crippen molar-refractivity contribution in [3.05, 3.63) is 65.6 Å². The maximum Gasteiger partial charge on any atom is 0.222 e. The number of hydrogen-bond donors (Lipinski definition) is 1. The number of likely N-dealkylation sites (tertiary alicyclic amines) is 1. The summed E-state index contributed by atoms with van der Waals surface area (Å²) in [6, 6.07) is 11.8. The van der Waals surface area contributed by atoms with Crippen LogP contribution in [0.2, 0.25) is 5.02 Å². The fraction of sp³-hybridized carbons (Fsp3) is 0.433. The number of carbonyl (C=O) groups excluding carboxylic acids is 1. The highest BCUT2D eigenvalue weighted by Gasteiger charge is 2.29. The lowest BCUT2D eigenvalue weighted by atomic mass is 9.76. The van der Waals surface area contributed by atoms with Crippen LogP contribution in [0.3, 0.4) is 0 Å². The van der Waals surface area contributed by atoms with Crippen molar-refractivity contribution in [2.75, 3.05) is 19.7 Å². The minimum atomic E-state index is 0.314. The molecular formula is C30H33ClN4O2. The summed E-state index contributed by atoms with van der Waals surface area (Å²) < 4.78 is 5.98. The molecule has 7 heteroatoms. The third-order valence-electron chi connectivity index (χ3n) is 8.24. The molecule has 4 aromatic rings. The first-order valence-corrected chi connectivity index (χ1v) is 13.9. The van der Waals surface area contributed by atoms with Gasteiger partial charge in [-0.2, -0.15) is 0 Å². The summed E-state index contributed by atoms with van der Waals surface area (Å²) in [5.41, 5.74) is 3.25. The molecule has 6 rings (SSSR count). The second-order valence-electron chi connectivity index (χ2n) is 10.7. The smallest absolute Gasteiger partial charge is 0.222 e. The third-order valence-corrected chi connectivity index (χ3v) is 8.50. The molecule has 0 radical (unpaired) electrons. The zero-order chi connectivity index (χ0) is 25.2. The number of hydrogen-bond acceptors (Lipinski definition) is 4. The number of ether oxygens (including phenoxy) is 1. The predicted molar refractivity (Wildman–Crippen MR) is 147 cm³/mol. The fourth-order valence-electron chi connectivity index (χ4n) is 6.25. The number of rotatable bonds is 6. The van der Waals surface area contributed by atoms with E-state index in [0.29, 0.717) is 41.7 Å². The zero-order valence-corrected chi connectivity index (χ0v) is 21.8. The first kappa shape index (κ1) is 24.2. The molecule has 4 heterocycles. The minimum absolute atomic E-state index is 0.314. The van der Waals surface area contributed by atoms with Crippen molar-refractivity contribution >= 4 is 39.4 Å². The number of aromatic amines is 1. The molecule has 1 aliphatic heterocycles. The number of nitrogens with one attached hydrogen (secondary N) is 1. The van der Waals surface area contributed by atoms with E-state index in [1.165, 1.54) is 10.9 Å². The van der Waals surface area contributed by atoms with E-state index in [-0.39, 0.29) is 0 Å². The molecule has 1 aromatic carbocycles. The van der Waals surface area contributed by atoms with E-state index in [1.807, 2.05) is 42.9 Å². The van der Waals surface area contributed by atoms with Crippen molar-refractivity contribution in [3.63, 3.8) is 0 Å². The number of pyridine rings is 2. The van der Waals surface area contributed by atoms with E-state index in [4.69, 9.17) is 16.3 Å². The largest absolute Gasteiger partial charge is 0.493 e. The molecule has 1 N–H and O–H groups in total. The number of amides is 1. The molecule has 1 saturated heterocycles. The number of benzene rings is 1. The maximum atomic E-state index is 13.2.